The Labute approximate surface area is 107 Å². The fraction of sp³-hybridized carbons (Fsp3) is 0.286. The van der Waals surface area contributed by atoms with Crippen molar-refractivity contribution in [3.8, 4) is 0 Å². The summed E-state index contributed by atoms with van der Waals surface area (Å²) in [5.74, 6) is 0.947. The highest BCUT2D eigenvalue weighted by Gasteiger charge is 2.07. The Kier molecular flexibility index (Phi) is 3.77. The van der Waals surface area contributed by atoms with E-state index in [1.165, 1.54) is 0 Å². The third-order valence-corrected chi connectivity index (χ3v) is 2.94. The summed E-state index contributed by atoms with van der Waals surface area (Å²) >= 11 is 0. The van der Waals surface area contributed by atoms with Gasteiger partial charge in [0.2, 0.25) is 0 Å². The van der Waals surface area contributed by atoms with Gasteiger partial charge in [0.15, 0.2) is 0 Å². The van der Waals surface area contributed by atoms with E-state index in [4.69, 9.17) is 0 Å². The Morgan fingerprint density at radius 2 is 2.17 bits per heavy atom. The molecule has 0 radical (unpaired) electrons. The molecule has 1 aromatic heterocycles. The van der Waals surface area contributed by atoms with Crippen LogP contribution in [0.1, 0.15) is 21.7 Å². The second-order valence-corrected chi connectivity index (χ2v) is 4.28. The molecule has 4 nitrogen and oxygen atoms in total. The molecular formula is C14H17N3O. The van der Waals surface area contributed by atoms with Gasteiger partial charge in [-0.25, -0.2) is 4.98 Å². The molecule has 2 rings (SSSR count). The van der Waals surface area contributed by atoms with E-state index in [-0.39, 0.29) is 5.91 Å². The summed E-state index contributed by atoms with van der Waals surface area (Å²) in [6.07, 6.45) is 4.40. The lowest BCUT2D eigenvalue weighted by atomic mass is 10.1. The topological polar surface area (TPSA) is 46.9 Å². The Morgan fingerprint density at radius 3 is 2.83 bits per heavy atom. The Morgan fingerprint density at radius 1 is 1.39 bits per heavy atom. The molecule has 0 unspecified atom stereocenters. The molecule has 0 bridgehead atoms. The van der Waals surface area contributed by atoms with Gasteiger partial charge in [-0.1, -0.05) is 18.2 Å². The van der Waals surface area contributed by atoms with Gasteiger partial charge in [0.1, 0.15) is 5.82 Å². The smallest absolute Gasteiger partial charge is 0.251 e. The van der Waals surface area contributed by atoms with Crippen LogP contribution < -0.4 is 5.32 Å². The molecule has 0 saturated carbocycles. The van der Waals surface area contributed by atoms with Crippen LogP contribution in [0.25, 0.3) is 0 Å². The molecule has 0 spiro atoms. The maximum atomic E-state index is 11.9. The number of imidazole rings is 1. The van der Waals surface area contributed by atoms with Crippen LogP contribution >= 0.6 is 0 Å². The number of amides is 1. The standard InChI is InChI=1S/C14H17N3O/c1-11-5-3-4-6-12(11)14(18)16-8-7-13-15-9-10-17(13)2/h3-6,9-10H,7-8H2,1-2H3,(H,16,18). The second-order valence-electron chi connectivity index (χ2n) is 4.28. The van der Waals surface area contributed by atoms with Gasteiger partial charge < -0.3 is 9.88 Å². The van der Waals surface area contributed by atoms with Crippen molar-refractivity contribution in [2.24, 2.45) is 7.05 Å². The Bertz CT molecular complexity index is 545. The highest BCUT2D eigenvalue weighted by molar-refractivity contribution is 5.95. The van der Waals surface area contributed by atoms with Gasteiger partial charge in [0, 0.05) is 38.0 Å². The lowest BCUT2D eigenvalue weighted by Crippen LogP contribution is -2.26. The van der Waals surface area contributed by atoms with Crippen molar-refractivity contribution < 1.29 is 4.79 Å². The number of nitrogens with zero attached hydrogens (tertiary/aromatic N) is 2. The summed E-state index contributed by atoms with van der Waals surface area (Å²) < 4.78 is 1.96. The van der Waals surface area contributed by atoms with E-state index in [2.05, 4.69) is 10.3 Å². The minimum absolute atomic E-state index is 0.0256. The van der Waals surface area contributed by atoms with Crippen LogP contribution in [-0.2, 0) is 13.5 Å². The van der Waals surface area contributed by atoms with E-state index in [0.717, 1.165) is 23.4 Å². The monoisotopic (exact) mass is 243 g/mol. The first-order chi connectivity index (χ1) is 8.68. The van der Waals surface area contributed by atoms with Crippen LogP contribution in [0.3, 0.4) is 0 Å². The molecule has 4 heteroatoms. The van der Waals surface area contributed by atoms with E-state index >= 15 is 0 Å². The molecule has 94 valence electrons. The fourth-order valence-corrected chi connectivity index (χ4v) is 1.85. The third-order valence-electron chi connectivity index (χ3n) is 2.94. The van der Waals surface area contributed by atoms with Gasteiger partial charge in [-0.15, -0.1) is 0 Å². The van der Waals surface area contributed by atoms with Crippen LogP contribution in [-0.4, -0.2) is 22.0 Å². The molecular weight excluding hydrogens is 226 g/mol. The van der Waals surface area contributed by atoms with Crippen molar-refractivity contribution in [1.82, 2.24) is 14.9 Å². The molecule has 0 aliphatic heterocycles. The first-order valence-electron chi connectivity index (χ1n) is 5.98. The summed E-state index contributed by atoms with van der Waals surface area (Å²) in [5, 5.41) is 2.91. The third kappa shape index (κ3) is 2.77. The number of hydrogen-bond donors (Lipinski definition) is 1. The van der Waals surface area contributed by atoms with Crippen LogP contribution in [0.5, 0.6) is 0 Å². The predicted octanol–water partition coefficient (Wildman–Crippen LogP) is 1.70. The maximum absolute atomic E-state index is 11.9. The van der Waals surface area contributed by atoms with Crippen molar-refractivity contribution in [2.75, 3.05) is 6.54 Å². The van der Waals surface area contributed by atoms with Crippen LogP contribution in [0, 0.1) is 6.92 Å². The number of nitrogens with one attached hydrogen (secondary N) is 1. The van der Waals surface area contributed by atoms with E-state index in [1.54, 1.807) is 6.20 Å². The van der Waals surface area contributed by atoms with Gasteiger partial charge in [-0.05, 0) is 18.6 Å². The molecule has 0 atom stereocenters. The Balaban J connectivity index is 1.90. The highest BCUT2D eigenvalue weighted by Crippen LogP contribution is 2.06. The molecule has 18 heavy (non-hydrogen) atoms. The normalized spacial score (nSPS) is 10.3. The van der Waals surface area contributed by atoms with E-state index in [1.807, 2.05) is 49.0 Å². The molecule has 1 heterocycles. The van der Waals surface area contributed by atoms with Gasteiger partial charge in [0.05, 0.1) is 0 Å². The number of carbonyl (C=O) groups is 1. The summed E-state index contributed by atoms with van der Waals surface area (Å²) in [5.41, 5.74) is 1.73. The number of aryl methyl sites for hydroxylation is 2. The van der Waals surface area contributed by atoms with Gasteiger partial charge in [-0.2, -0.15) is 0 Å². The van der Waals surface area contributed by atoms with Crippen molar-refractivity contribution >= 4 is 5.91 Å². The zero-order valence-electron chi connectivity index (χ0n) is 10.7. The zero-order valence-corrected chi connectivity index (χ0v) is 10.7. The molecule has 1 N–H and O–H groups in total. The average molecular weight is 243 g/mol. The van der Waals surface area contributed by atoms with Gasteiger partial charge >= 0.3 is 0 Å². The molecule has 1 aromatic carbocycles. The number of aromatic nitrogens is 2. The van der Waals surface area contributed by atoms with Crippen LogP contribution in [0.4, 0.5) is 0 Å². The summed E-state index contributed by atoms with van der Waals surface area (Å²) in [6, 6.07) is 7.58. The largest absolute Gasteiger partial charge is 0.352 e. The summed E-state index contributed by atoms with van der Waals surface area (Å²) in [6.45, 7) is 2.53. The summed E-state index contributed by atoms with van der Waals surface area (Å²) in [4.78, 5) is 16.2. The molecule has 2 aromatic rings. The van der Waals surface area contributed by atoms with Crippen molar-refractivity contribution in [3.63, 3.8) is 0 Å². The number of carbonyl (C=O) groups excluding carboxylic acids is 1. The molecule has 0 saturated heterocycles. The second kappa shape index (κ2) is 5.49. The van der Waals surface area contributed by atoms with Crippen molar-refractivity contribution in [3.05, 3.63) is 53.6 Å². The number of rotatable bonds is 4. The predicted molar refractivity (Wildman–Crippen MR) is 70.4 cm³/mol. The number of benzene rings is 1. The van der Waals surface area contributed by atoms with Crippen LogP contribution in [0.2, 0.25) is 0 Å². The minimum Gasteiger partial charge on any atom is -0.352 e. The number of hydrogen-bond acceptors (Lipinski definition) is 2. The molecule has 1 amide bonds. The SMILES string of the molecule is Cc1ccccc1C(=O)NCCc1nccn1C. The quantitative estimate of drug-likeness (QED) is 0.888. The lowest BCUT2D eigenvalue weighted by Gasteiger charge is -2.07. The first-order valence-corrected chi connectivity index (χ1v) is 5.98. The molecule has 0 fully saturated rings. The average Bonchev–Trinajstić information content (AvgIpc) is 2.75. The van der Waals surface area contributed by atoms with Gasteiger partial charge in [-0.3, -0.25) is 4.79 Å². The minimum atomic E-state index is -0.0256. The molecule has 0 aliphatic rings. The molecule has 0 aliphatic carbocycles. The lowest BCUT2D eigenvalue weighted by molar-refractivity contribution is 0.0953. The van der Waals surface area contributed by atoms with E-state index in [0.29, 0.717) is 6.54 Å². The van der Waals surface area contributed by atoms with E-state index in [9.17, 15) is 4.79 Å². The van der Waals surface area contributed by atoms with Crippen molar-refractivity contribution in [2.45, 2.75) is 13.3 Å². The zero-order chi connectivity index (χ0) is 13.0. The van der Waals surface area contributed by atoms with E-state index < -0.39 is 0 Å². The van der Waals surface area contributed by atoms with Gasteiger partial charge in [0.25, 0.3) is 5.91 Å². The maximum Gasteiger partial charge on any atom is 0.251 e. The Hall–Kier alpha value is -2.10. The van der Waals surface area contributed by atoms with Crippen LogP contribution in [0.15, 0.2) is 36.7 Å². The summed E-state index contributed by atoms with van der Waals surface area (Å²) in [7, 11) is 1.95. The fourth-order valence-electron chi connectivity index (χ4n) is 1.85. The van der Waals surface area contributed by atoms with Crippen molar-refractivity contribution in [1.29, 1.82) is 0 Å². The first kappa shape index (κ1) is 12.4. The highest BCUT2D eigenvalue weighted by atomic mass is 16.1.